The highest BCUT2D eigenvalue weighted by Gasteiger charge is 2.14. The molecule has 2 N–H and O–H groups in total. The third-order valence-electron chi connectivity index (χ3n) is 4.08. The Bertz CT molecular complexity index is 973. The van der Waals surface area contributed by atoms with Gasteiger partial charge >= 0.3 is 0 Å². The van der Waals surface area contributed by atoms with Gasteiger partial charge in [0.15, 0.2) is 0 Å². The number of benzene rings is 2. The lowest BCUT2D eigenvalue weighted by atomic mass is 10.1. The summed E-state index contributed by atoms with van der Waals surface area (Å²) in [5.41, 5.74) is 2.62. The molecule has 0 aliphatic rings. The number of rotatable bonds is 7. The van der Waals surface area contributed by atoms with Gasteiger partial charge in [-0.25, -0.2) is 0 Å². The Labute approximate surface area is 175 Å². The molecule has 1 aromatic heterocycles. The van der Waals surface area contributed by atoms with Gasteiger partial charge < -0.3 is 10.6 Å². The van der Waals surface area contributed by atoms with Crippen molar-refractivity contribution in [1.29, 1.82) is 0 Å². The molecule has 3 rings (SSSR count). The zero-order valence-electron chi connectivity index (χ0n) is 16.4. The number of anilines is 1. The Balaban J connectivity index is 1.65. The predicted octanol–water partition coefficient (Wildman–Crippen LogP) is 4.76. The normalized spacial score (nSPS) is 10.6. The molecule has 0 saturated carbocycles. The molecule has 0 bridgehead atoms. The van der Waals surface area contributed by atoms with Gasteiger partial charge in [0.05, 0.1) is 11.3 Å². The number of nitrogens with zero attached hydrogens (tertiary/aromatic N) is 1. The van der Waals surface area contributed by atoms with Crippen molar-refractivity contribution in [2.24, 2.45) is 0 Å². The summed E-state index contributed by atoms with van der Waals surface area (Å²) in [5.74, 6) is 0.356. The van der Waals surface area contributed by atoms with E-state index in [0.29, 0.717) is 16.8 Å². The van der Waals surface area contributed by atoms with Crippen LogP contribution < -0.4 is 10.6 Å². The van der Waals surface area contributed by atoms with Gasteiger partial charge in [0.1, 0.15) is 0 Å². The second-order valence-electron chi connectivity index (χ2n) is 6.80. The molecule has 2 amide bonds. The van der Waals surface area contributed by atoms with E-state index < -0.39 is 0 Å². The highest BCUT2D eigenvalue weighted by Crippen LogP contribution is 2.23. The number of amides is 2. The molecule has 0 saturated heterocycles. The van der Waals surface area contributed by atoms with E-state index in [9.17, 15) is 9.59 Å². The van der Waals surface area contributed by atoms with Crippen LogP contribution in [0.2, 0.25) is 0 Å². The molecular weight excluding hydrogens is 382 g/mol. The lowest BCUT2D eigenvalue weighted by Crippen LogP contribution is -2.31. The van der Waals surface area contributed by atoms with Crippen LogP contribution in [-0.4, -0.2) is 22.8 Å². The van der Waals surface area contributed by atoms with Crippen LogP contribution in [0, 0.1) is 0 Å². The standard InChI is InChI=1S/C23H23N3O2S/c1-16(2)25-23(28)20-7-3-4-8-21(20)26-22(27)18-9-11-19(12-10-18)29-15-17-6-5-13-24-14-17/h3-14,16H,15H2,1-2H3,(H,25,28)(H,26,27). The molecule has 2 aromatic carbocycles. The SMILES string of the molecule is CC(C)NC(=O)c1ccccc1NC(=O)c1ccc(SCc2cccnc2)cc1. The fourth-order valence-corrected chi connectivity index (χ4v) is 3.51. The van der Waals surface area contributed by atoms with Crippen molar-refractivity contribution in [2.75, 3.05) is 5.32 Å². The topological polar surface area (TPSA) is 71.1 Å². The van der Waals surface area contributed by atoms with Crippen molar-refractivity contribution in [2.45, 2.75) is 30.5 Å². The molecule has 3 aromatic rings. The molecule has 0 spiro atoms. The average Bonchev–Trinajstić information content (AvgIpc) is 2.73. The van der Waals surface area contributed by atoms with Crippen molar-refractivity contribution >= 4 is 29.3 Å². The molecule has 5 nitrogen and oxygen atoms in total. The number of pyridine rings is 1. The van der Waals surface area contributed by atoms with E-state index in [1.807, 2.05) is 44.3 Å². The zero-order chi connectivity index (χ0) is 20.6. The van der Waals surface area contributed by atoms with E-state index in [4.69, 9.17) is 0 Å². The van der Waals surface area contributed by atoms with E-state index in [1.54, 1.807) is 54.4 Å². The number of para-hydroxylation sites is 1. The molecule has 148 valence electrons. The summed E-state index contributed by atoms with van der Waals surface area (Å²) in [6.45, 7) is 3.79. The molecule has 1 heterocycles. The van der Waals surface area contributed by atoms with E-state index in [0.717, 1.165) is 16.2 Å². The van der Waals surface area contributed by atoms with Gasteiger partial charge in [-0.2, -0.15) is 0 Å². The van der Waals surface area contributed by atoms with Crippen LogP contribution >= 0.6 is 11.8 Å². The first-order chi connectivity index (χ1) is 14.0. The number of carbonyl (C=O) groups excluding carboxylic acids is 2. The first kappa shape index (κ1) is 20.6. The Hall–Kier alpha value is -3.12. The number of aromatic nitrogens is 1. The largest absolute Gasteiger partial charge is 0.350 e. The highest BCUT2D eigenvalue weighted by atomic mass is 32.2. The van der Waals surface area contributed by atoms with Crippen molar-refractivity contribution in [3.8, 4) is 0 Å². The summed E-state index contributed by atoms with van der Waals surface area (Å²) in [6.07, 6.45) is 3.61. The molecule has 0 radical (unpaired) electrons. The Kier molecular flexibility index (Phi) is 7.03. The Morgan fingerprint density at radius 2 is 1.72 bits per heavy atom. The van der Waals surface area contributed by atoms with Crippen molar-refractivity contribution in [3.05, 3.63) is 89.7 Å². The number of hydrogen-bond donors (Lipinski definition) is 2. The maximum atomic E-state index is 12.6. The molecule has 29 heavy (non-hydrogen) atoms. The van der Waals surface area contributed by atoms with Crippen molar-refractivity contribution in [3.63, 3.8) is 0 Å². The predicted molar refractivity (Wildman–Crippen MR) is 117 cm³/mol. The van der Waals surface area contributed by atoms with E-state index in [-0.39, 0.29) is 17.9 Å². The molecule has 0 atom stereocenters. The van der Waals surface area contributed by atoms with Gasteiger partial charge in [0.25, 0.3) is 11.8 Å². The average molecular weight is 406 g/mol. The summed E-state index contributed by atoms with van der Waals surface area (Å²) >= 11 is 1.69. The minimum atomic E-state index is -0.251. The molecule has 0 aliphatic carbocycles. The van der Waals surface area contributed by atoms with Crippen LogP contribution in [0.4, 0.5) is 5.69 Å². The Morgan fingerprint density at radius 3 is 2.41 bits per heavy atom. The number of carbonyl (C=O) groups is 2. The summed E-state index contributed by atoms with van der Waals surface area (Å²) in [6, 6.07) is 18.4. The molecule has 0 unspecified atom stereocenters. The second-order valence-corrected chi connectivity index (χ2v) is 7.85. The van der Waals surface area contributed by atoms with Gasteiger partial charge in [-0.05, 0) is 61.9 Å². The van der Waals surface area contributed by atoms with Gasteiger partial charge in [-0.15, -0.1) is 11.8 Å². The highest BCUT2D eigenvalue weighted by molar-refractivity contribution is 7.98. The second kappa shape index (κ2) is 9.89. The van der Waals surface area contributed by atoms with Gasteiger partial charge in [-0.3, -0.25) is 14.6 Å². The summed E-state index contributed by atoms with van der Waals surface area (Å²) in [5, 5.41) is 5.69. The zero-order valence-corrected chi connectivity index (χ0v) is 17.2. The van der Waals surface area contributed by atoms with Crippen LogP contribution in [0.15, 0.2) is 78.0 Å². The van der Waals surface area contributed by atoms with Crippen LogP contribution in [0.5, 0.6) is 0 Å². The van der Waals surface area contributed by atoms with Crippen molar-refractivity contribution in [1.82, 2.24) is 10.3 Å². The van der Waals surface area contributed by atoms with Crippen molar-refractivity contribution < 1.29 is 9.59 Å². The van der Waals surface area contributed by atoms with E-state index in [2.05, 4.69) is 15.6 Å². The first-order valence-electron chi connectivity index (χ1n) is 9.36. The minimum Gasteiger partial charge on any atom is -0.350 e. The molecule has 0 fully saturated rings. The van der Waals surface area contributed by atoms with Crippen LogP contribution in [-0.2, 0) is 5.75 Å². The van der Waals surface area contributed by atoms with Crippen LogP contribution in [0.1, 0.15) is 40.1 Å². The number of thioether (sulfide) groups is 1. The third kappa shape index (κ3) is 5.93. The lowest BCUT2D eigenvalue weighted by molar-refractivity contribution is 0.0944. The summed E-state index contributed by atoms with van der Waals surface area (Å²) in [7, 11) is 0. The fraction of sp³-hybridized carbons (Fsp3) is 0.174. The minimum absolute atomic E-state index is 0.0166. The first-order valence-corrected chi connectivity index (χ1v) is 10.3. The molecule has 6 heteroatoms. The third-order valence-corrected chi connectivity index (χ3v) is 5.17. The summed E-state index contributed by atoms with van der Waals surface area (Å²) in [4.78, 5) is 30.2. The quantitative estimate of drug-likeness (QED) is 0.556. The molecular formula is C23H23N3O2S. The monoisotopic (exact) mass is 405 g/mol. The van der Waals surface area contributed by atoms with E-state index in [1.165, 1.54) is 0 Å². The van der Waals surface area contributed by atoms with Crippen LogP contribution in [0.25, 0.3) is 0 Å². The Morgan fingerprint density at radius 1 is 0.966 bits per heavy atom. The summed E-state index contributed by atoms with van der Waals surface area (Å²) < 4.78 is 0. The smallest absolute Gasteiger partial charge is 0.255 e. The van der Waals surface area contributed by atoms with Crippen LogP contribution in [0.3, 0.4) is 0 Å². The van der Waals surface area contributed by atoms with E-state index >= 15 is 0 Å². The number of hydrogen-bond acceptors (Lipinski definition) is 4. The van der Waals surface area contributed by atoms with Gasteiger partial charge in [0.2, 0.25) is 0 Å². The van der Waals surface area contributed by atoms with Gasteiger partial charge in [0, 0.05) is 34.6 Å². The maximum absolute atomic E-state index is 12.6. The molecule has 0 aliphatic heterocycles. The van der Waals surface area contributed by atoms with Gasteiger partial charge in [-0.1, -0.05) is 18.2 Å². The maximum Gasteiger partial charge on any atom is 0.255 e. The fourth-order valence-electron chi connectivity index (χ4n) is 2.68. The lowest BCUT2D eigenvalue weighted by Gasteiger charge is -2.13. The number of nitrogens with one attached hydrogen (secondary N) is 2.